The highest BCUT2D eigenvalue weighted by molar-refractivity contribution is 6.32. The molecule has 1 unspecified atom stereocenters. The van der Waals surface area contributed by atoms with Crippen LogP contribution < -0.4 is 4.74 Å². The Kier molecular flexibility index (Phi) is 13.0. The maximum atomic E-state index is 12.6. The van der Waals surface area contributed by atoms with E-state index in [9.17, 15) is 14.4 Å². The fourth-order valence-electron chi connectivity index (χ4n) is 3.16. The molecule has 0 fully saturated rings. The van der Waals surface area contributed by atoms with Gasteiger partial charge in [0.05, 0.1) is 24.2 Å². The predicted molar refractivity (Wildman–Crippen MR) is 143 cm³/mol. The Bertz CT molecular complexity index is 1070. The second kappa shape index (κ2) is 16.2. The zero-order valence-electron chi connectivity index (χ0n) is 21.1. The summed E-state index contributed by atoms with van der Waals surface area (Å²) >= 11 is 6.26. The number of rotatable bonds is 15. The average Bonchev–Trinajstić information content (AvgIpc) is 2.89. The third-order valence-corrected chi connectivity index (χ3v) is 5.47. The first-order chi connectivity index (χ1) is 17.8. The SMILES string of the molecule is C=CCOC(=O)/C=C/c1ccc(OC(=O)C2C=CC(OCCCCCCOC(=O)C(=C)C)=CC2)c(Cl)c1. The van der Waals surface area contributed by atoms with E-state index in [4.69, 9.17) is 30.5 Å². The molecule has 0 spiro atoms. The van der Waals surface area contributed by atoms with Crippen molar-refractivity contribution in [2.45, 2.75) is 39.0 Å². The Morgan fingerprint density at radius 3 is 2.51 bits per heavy atom. The summed E-state index contributed by atoms with van der Waals surface area (Å²) in [6.45, 7) is 9.76. The monoisotopic (exact) mass is 528 g/mol. The lowest BCUT2D eigenvalue weighted by molar-refractivity contribution is -0.139. The van der Waals surface area contributed by atoms with Gasteiger partial charge in [-0.05, 0) is 75.0 Å². The average molecular weight is 529 g/mol. The summed E-state index contributed by atoms with van der Waals surface area (Å²) in [4.78, 5) is 35.4. The van der Waals surface area contributed by atoms with Gasteiger partial charge in [-0.3, -0.25) is 4.79 Å². The minimum Gasteiger partial charge on any atom is -0.494 e. The molecule has 1 aliphatic carbocycles. The van der Waals surface area contributed by atoms with Crippen molar-refractivity contribution in [1.29, 1.82) is 0 Å². The van der Waals surface area contributed by atoms with E-state index in [-0.39, 0.29) is 23.3 Å². The van der Waals surface area contributed by atoms with Crippen molar-refractivity contribution in [3.05, 3.63) is 83.7 Å². The Hall–Kier alpha value is -3.58. The van der Waals surface area contributed by atoms with E-state index < -0.39 is 17.9 Å². The number of halogens is 1. The highest BCUT2D eigenvalue weighted by atomic mass is 35.5. The van der Waals surface area contributed by atoms with E-state index in [1.165, 1.54) is 12.2 Å². The second-order valence-corrected chi connectivity index (χ2v) is 8.76. The van der Waals surface area contributed by atoms with Crippen LogP contribution in [0.3, 0.4) is 0 Å². The Labute approximate surface area is 223 Å². The first-order valence-electron chi connectivity index (χ1n) is 12.1. The summed E-state index contributed by atoms with van der Waals surface area (Å²) in [5.74, 6) is -0.741. The third-order valence-electron chi connectivity index (χ3n) is 5.18. The molecule has 0 saturated heterocycles. The molecule has 0 heterocycles. The van der Waals surface area contributed by atoms with Crippen molar-refractivity contribution in [2.75, 3.05) is 19.8 Å². The number of esters is 3. The van der Waals surface area contributed by atoms with Crippen LogP contribution >= 0.6 is 11.6 Å². The summed E-state index contributed by atoms with van der Waals surface area (Å²) in [5, 5.41) is 0.253. The molecule has 2 rings (SSSR count). The van der Waals surface area contributed by atoms with E-state index in [1.54, 1.807) is 43.4 Å². The van der Waals surface area contributed by atoms with Gasteiger partial charge in [-0.2, -0.15) is 0 Å². The summed E-state index contributed by atoms with van der Waals surface area (Å²) in [5.41, 5.74) is 1.07. The van der Waals surface area contributed by atoms with Gasteiger partial charge in [0.1, 0.15) is 18.1 Å². The topological polar surface area (TPSA) is 88.1 Å². The molecule has 1 aliphatic rings. The highest BCUT2D eigenvalue weighted by Gasteiger charge is 2.21. The molecule has 198 valence electrons. The van der Waals surface area contributed by atoms with Gasteiger partial charge in [0.15, 0.2) is 0 Å². The smallest absolute Gasteiger partial charge is 0.333 e. The van der Waals surface area contributed by atoms with Gasteiger partial charge >= 0.3 is 17.9 Å². The molecule has 0 aromatic heterocycles. The van der Waals surface area contributed by atoms with Crippen molar-refractivity contribution in [3.63, 3.8) is 0 Å². The van der Waals surface area contributed by atoms with Crippen molar-refractivity contribution in [1.82, 2.24) is 0 Å². The molecule has 37 heavy (non-hydrogen) atoms. The van der Waals surface area contributed by atoms with Crippen LogP contribution in [0.15, 0.2) is 73.1 Å². The Balaban J connectivity index is 1.68. The maximum Gasteiger partial charge on any atom is 0.333 e. The van der Waals surface area contributed by atoms with Crippen molar-refractivity contribution >= 4 is 35.6 Å². The maximum absolute atomic E-state index is 12.6. The standard InChI is InChI=1S/C29H33ClO7/c1-4-17-35-27(31)16-10-22-9-15-26(25(30)20-22)37-29(33)23-11-13-24(14-12-23)34-18-7-5-6-8-19-36-28(32)21(2)3/h4,9-11,13-16,20,23H,1-2,5-8,12,17-19H2,3H3/b16-10+. The van der Waals surface area contributed by atoms with Gasteiger partial charge in [-0.25, -0.2) is 9.59 Å². The first kappa shape index (κ1) is 29.6. The van der Waals surface area contributed by atoms with Crippen LogP contribution in [0.2, 0.25) is 5.02 Å². The Morgan fingerprint density at radius 1 is 1.11 bits per heavy atom. The first-order valence-corrected chi connectivity index (χ1v) is 12.5. The Morgan fingerprint density at radius 2 is 1.86 bits per heavy atom. The lowest BCUT2D eigenvalue weighted by Gasteiger charge is -2.16. The highest BCUT2D eigenvalue weighted by Crippen LogP contribution is 2.28. The number of allylic oxidation sites excluding steroid dienone is 2. The number of ether oxygens (including phenoxy) is 4. The zero-order chi connectivity index (χ0) is 27.0. The normalized spacial score (nSPS) is 14.5. The van der Waals surface area contributed by atoms with Gasteiger partial charge in [0, 0.05) is 11.6 Å². The van der Waals surface area contributed by atoms with Crippen molar-refractivity contribution in [3.8, 4) is 5.75 Å². The van der Waals surface area contributed by atoms with E-state index in [0.29, 0.717) is 30.8 Å². The molecule has 0 radical (unpaired) electrons. The fraction of sp³-hybridized carbons (Fsp3) is 0.345. The molecular weight excluding hydrogens is 496 g/mol. The number of hydrogen-bond acceptors (Lipinski definition) is 7. The fourth-order valence-corrected chi connectivity index (χ4v) is 3.39. The molecule has 0 aliphatic heterocycles. The van der Waals surface area contributed by atoms with E-state index in [0.717, 1.165) is 31.4 Å². The van der Waals surface area contributed by atoms with Crippen molar-refractivity contribution in [2.24, 2.45) is 5.92 Å². The van der Waals surface area contributed by atoms with E-state index in [2.05, 4.69) is 13.2 Å². The molecule has 1 aromatic carbocycles. The van der Waals surface area contributed by atoms with Gasteiger partial charge in [0.25, 0.3) is 0 Å². The molecule has 1 aromatic rings. The predicted octanol–water partition coefficient (Wildman–Crippen LogP) is 6.14. The summed E-state index contributed by atoms with van der Waals surface area (Å²) in [6, 6.07) is 4.86. The van der Waals surface area contributed by atoms with Crippen LogP contribution in [0.1, 0.15) is 44.6 Å². The molecule has 1 atom stereocenters. The van der Waals surface area contributed by atoms with Gasteiger partial charge in [-0.1, -0.05) is 43.0 Å². The minimum atomic E-state index is -0.495. The van der Waals surface area contributed by atoms with E-state index >= 15 is 0 Å². The number of hydrogen-bond donors (Lipinski definition) is 0. The molecule has 8 heteroatoms. The van der Waals surface area contributed by atoms with Crippen LogP contribution in [0.25, 0.3) is 6.08 Å². The van der Waals surface area contributed by atoms with Gasteiger partial charge < -0.3 is 18.9 Å². The zero-order valence-corrected chi connectivity index (χ0v) is 21.8. The molecule has 7 nitrogen and oxygen atoms in total. The van der Waals surface area contributed by atoms with Crippen LogP contribution in [0, 0.1) is 5.92 Å². The second-order valence-electron chi connectivity index (χ2n) is 8.35. The van der Waals surface area contributed by atoms with Crippen LogP contribution in [0.4, 0.5) is 0 Å². The number of carbonyl (C=O) groups is 3. The molecule has 0 bridgehead atoms. The van der Waals surface area contributed by atoms with Crippen LogP contribution in [-0.2, 0) is 28.6 Å². The minimum absolute atomic E-state index is 0.134. The number of unbranched alkanes of at least 4 members (excludes halogenated alkanes) is 3. The lowest BCUT2D eigenvalue weighted by Crippen LogP contribution is -2.20. The molecule has 0 saturated carbocycles. The molecule has 0 amide bonds. The van der Waals surface area contributed by atoms with Crippen molar-refractivity contribution < 1.29 is 33.3 Å². The molecule has 0 N–H and O–H groups in total. The number of benzene rings is 1. The van der Waals surface area contributed by atoms with Gasteiger partial charge in [0.2, 0.25) is 0 Å². The third kappa shape index (κ3) is 11.3. The van der Waals surface area contributed by atoms with Crippen LogP contribution in [0.5, 0.6) is 5.75 Å². The van der Waals surface area contributed by atoms with E-state index in [1.807, 2.05) is 6.08 Å². The van der Waals surface area contributed by atoms with Crippen LogP contribution in [-0.4, -0.2) is 37.7 Å². The summed E-state index contributed by atoms with van der Waals surface area (Å²) < 4.78 is 21.2. The molecular formula is C29H33ClO7. The number of carbonyl (C=O) groups excluding carboxylic acids is 3. The summed E-state index contributed by atoms with van der Waals surface area (Å²) in [6.07, 6.45) is 13.8. The largest absolute Gasteiger partial charge is 0.494 e. The lowest BCUT2D eigenvalue weighted by atomic mass is 10.0. The van der Waals surface area contributed by atoms with Gasteiger partial charge in [-0.15, -0.1) is 0 Å². The summed E-state index contributed by atoms with van der Waals surface area (Å²) in [7, 11) is 0. The quantitative estimate of drug-likeness (QED) is 0.0887.